The van der Waals surface area contributed by atoms with E-state index in [1.54, 1.807) is 18.2 Å². The van der Waals surface area contributed by atoms with Gasteiger partial charge in [-0.2, -0.15) is 8.78 Å². The fraction of sp³-hybridized carbons (Fsp3) is 0.0769. The van der Waals surface area contributed by atoms with Crippen LogP contribution >= 0.6 is 27.7 Å². The van der Waals surface area contributed by atoms with Crippen molar-refractivity contribution < 1.29 is 17.2 Å². The van der Waals surface area contributed by atoms with Crippen LogP contribution in [0.1, 0.15) is 0 Å². The van der Waals surface area contributed by atoms with E-state index in [1.165, 1.54) is 24.3 Å². The number of alkyl halides is 2. The van der Waals surface area contributed by atoms with Gasteiger partial charge in [0.05, 0.1) is 4.90 Å². The van der Waals surface area contributed by atoms with Crippen LogP contribution in [0.4, 0.5) is 8.78 Å². The molecule has 0 aliphatic carbocycles. The Labute approximate surface area is 128 Å². The zero-order valence-corrected chi connectivity index (χ0v) is 13.2. The fourth-order valence-electron chi connectivity index (χ4n) is 1.43. The van der Waals surface area contributed by atoms with Gasteiger partial charge < -0.3 is 0 Å². The van der Waals surface area contributed by atoms with Gasteiger partial charge in [-0.3, -0.25) is 0 Å². The number of hydrogen-bond acceptors (Lipinski definition) is 3. The van der Waals surface area contributed by atoms with Crippen LogP contribution in [0, 0.1) is 0 Å². The maximum Gasteiger partial charge on any atom is 0.401 e. The third kappa shape index (κ3) is 3.21. The molecule has 0 saturated carbocycles. The van der Waals surface area contributed by atoms with Crippen LogP contribution in [-0.2, 0) is 9.84 Å². The first kappa shape index (κ1) is 15.5. The molecule has 0 radical (unpaired) electrons. The van der Waals surface area contributed by atoms with E-state index in [0.29, 0.717) is 0 Å². The zero-order chi connectivity index (χ0) is 14.8. The van der Waals surface area contributed by atoms with Crippen molar-refractivity contribution in [3.8, 4) is 0 Å². The summed E-state index contributed by atoms with van der Waals surface area (Å²) in [7, 11) is -4.73. The van der Waals surface area contributed by atoms with Crippen molar-refractivity contribution in [2.75, 3.05) is 0 Å². The zero-order valence-electron chi connectivity index (χ0n) is 9.96. The molecule has 0 spiro atoms. The Hall–Kier alpha value is -0.920. The molecule has 0 N–H and O–H groups in total. The van der Waals surface area contributed by atoms with Gasteiger partial charge in [0.1, 0.15) is 0 Å². The molecular formula is C13H9BrF2O2S2. The van der Waals surface area contributed by atoms with E-state index >= 15 is 0 Å². The maximum absolute atomic E-state index is 14.0. The molecule has 0 atom stereocenters. The first-order valence-electron chi connectivity index (χ1n) is 5.45. The van der Waals surface area contributed by atoms with Crippen molar-refractivity contribution in [3.05, 3.63) is 59.1 Å². The molecule has 0 heterocycles. The second-order valence-corrected chi connectivity index (χ2v) is 8.19. The van der Waals surface area contributed by atoms with Crippen molar-refractivity contribution in [1.29, 1.82) is 0 Å². The third-order valence-corrected chi connectivity index (χ3v) is 6.12. The van der Waals surface area contributed by atoms with Crippen LogP contribution < -0.4 is 0 Å². The van der Waals surface area contributed by atoms with Crippen molar-refractivity contribution in [3.63, 3.8) is 0 Å². The number of hydrogen-bond donors (Lipinski definition) is 0. The van der Waals surface area contributed by atoms with Crippen LogP contribution in [0.15, 0.2) is 68.9 Å². The molecule has 0 fully saturated rings. The van der Waals surface area contributed by atoms with E-state index in [1.807, 2.05) is 0 Å². The Morgan fingerprint density at radius 3 is 2.05 bits per heavy atom. The summed E-state index contributed by atoms with van der Waals surface area (Å²) in [4.78, 5) is -0.215. The number of rotatable bonds is 4. The first-order valence-corrected chi connectivity index (χ1v) is 8.54. The predicted molar refractivity (Wildman–Crippen MR) is 78.6 cm³/mol. The summed E-state index contributed by atoms with van der Waals surface area (Å²) in [5, 5.41) is 0. The quantitative estimate of drug-likeness (QED) is 0.731. The average Bonchev–Trinajstić information content (AvgIpc) is 2.42. The van der Waals surface area contributed by atoms with Gasteiger partial charge in [-0.25, -0.2) is 8.42 Å². The summed E-state index contributed by atoms with van der Waals surface area (Å²) in [5.41, 5.74) is 0. The Morgan fingerprint density at radius 2 is 1.50 bits per heavy atom. The van der Waals surface area contributed by atoms with Gasteiger partial charge in [0.25, 0.3) is 9.84 Å². The third-order valence-electron chi connectivity index (χ3n) is 2.42. The van der Waals surface area contributed by atoms with Gasteiger partial charge in [-0.15, -0.1) is 0 Å². The summed E-state index contributed by atoms with van der Waals surface area (Å²) < 4.78 is 48.8. The molecule has 0 unspecified atom stereocenters. The highest BCUT2D eigenvalue weighted by Gasteiger charge is 2.47. The SMILES string of the molecule is O=S(=O)(c1ccccc1)C(F)(F)Sc1ccc(Br)cc1. The van der Waals surface area contributed by atoms with Gasteiger partial charge in [-0.1, -0.05) is 34.1 Å². The molecule has 106 valence electrons. The average molecular weight is 379 g/mol. The van der Waals surface area contributed by atoms with Crippen LogP contribution in [0.25, 0.3) is 0 Å². The smallest absolute Gasteiger partial charge is 0.216 e. The van der Waals surface area contributed by atoms with Crippen molar-refractivity contribution in [1.82, 2.24) is 0 Å². The molecule has 0 aromatic heterocycles. The van der Waals surface area contributed by atoms with E-state index in [4.69, 9.17) is 0 Å². The van der Waals surface area contributed by atoms with E-state index in [0.717, 1.165) is 16.6 Å². The topological polar surface area (TPSA) is 34.1 Å². The van der Waals surface area contributed by atoms with E-state index < -0.39 is 19.3 Å². The molecule has 2 nitrogen and oxygen atoms in total. The molecule has 2 rings (SSSR count). The molecule has 0 aliphatic rings. The molecule has 0 saturated heterocycles. The molecule has 0 aliphatic heterocycles. The van der Waals surface area contributed by atoms with Crippen LogP contribution in [0.3, 0.4) is 0 Å². The molecule has 2 aromatic carbocycles. The minimum Gasteiger partial charge on any atom is -0.216 e. The number of thioether (sulfide) groups is 1. The fourth-order valence-corrected chi connectivity index (χ4v) is 4.05. The predicted octanol–water partition coefficient (Wildman–Crippen LogP) is 4.57. The van der Waals surface area contributed by atoms with Gasteiger partial charge >= 0.3 is 4.59 Å². The highest BCUT2D eigenvalue weighted by atomic mass is 79.9. The van der Waals surface area contributed by atoms with Crippen molar-refractivity contribution >= 4 is 37.5 Å². The lowest BCUT2D eigenvalue weighted by molar-refractivity contribution is 0.195. The van der Waals surface area contributed by atoms with E-state index in [-0.39, 0.29) is 16.7 Å². The molecule has 7 heteroatoms. The number of halogens is 3. The second-order valence-electron chi connectivity index (χ2n) is 3.84. The molecule has 0 bridgehead atoms. The van der Waals surface area contributed by atoms with Gasteiger partial charge in [0, 0.05) is 9.37 Å². The number of sulfone groups is 1. The first-order chi connectivity index (χ1) is 9.33. The highest BCUT2D eigenvalue weighted by molar-refractivity contribution is 9.10. The van der Waals surface area contributed by atoms with E-state index in [2.05, 4.69) is 15.9 Å². The number of benzene rings is 2. The van der Waals surface area contributed by atoms with Gasteiger partial charge in [0.2, 0.25) is 0 Å². The second kappa shape index (κ2) is 5.83. The Kier molecular flexibility index (Phi) is 4.51. The summed E-state index contributed by atoms with van der Waals surface area (Å²) in [5.74, 6) is 0. The van der Waals surface area contributed by atoms with E-state index in [9.17, 15) is 17.2 Å². The standard InChI is InChI=1S/C13H9BrF2O2S2/c14-10-6-8-11(9-7-10)19-13(15,16)20(17,18)12-4-2-1-3-5-12/h1-9H. The summed E-state index contributed by atoms with van der Waals surface area (Å²) in [6.45, 7) is 0. The normalized spacial score (nSPS) is 12.3. The lowest BCUT2D eigenvalue weighted by atomic mass is 10.4. The Bertz CT molecular complexity index is 686. The Morgan fingerprint density at radius 1 is 0.950 bits per heavy atom. The molecular weight excluding hydrogens is 370 g/mol. The van der Waals surface area contributed by atoms with Crippen LogP contribution in [-0.4, -0.2) is 13.0 Å². The monoisotopic (exact) mass is 378 g/mol. The molecule has 2 aromatic rings. The molecule has 0 amide bonds. The van der Waals surface area contributed by atoms with Crippen molar-refractivity contribution in [2.45, 2.75) is 14.4 Å². The highest BCUT2D eigenvalue weighted by Crippen LogP contribution is 2.43. The summed E-state index contributed by atoms with van der Waals surface area (Å²) in [6.07, 6.45) is 0. The minimum absolute atomic E-state index is 0.0142. The van der Waals surface area contributed by atoms with Gasteiger partial charge in [-0.05, 0) is 48.2 Å². The maximum atomic E-state index is 14.0. The van der Waals surface area contributed by atoms with Crippen LogP contribution in [0.2, 0.25) is 0 Å². The lowest BCUT2D eigenvalue weighted by Crippen LogP contribution is -2.24. The van der Waals surface area contributed by atoms with Crippen LogP contribution in [0.5, 0.6) is 0 Å². The summed E-state index contributed by atoms with van der Waals surface area (Å²) >= 11 is 3.20. The lowest BCUT2D eigenvalue weighted by Gasteiger charge is -2.16. The van der Waals surface area contributed by atoms with Gasteiger partial charge in [0.15, 0.2) is 0 Å². The Balaban J connectivity index is 2.32. The largest absolute Gasteiger partial charge is 0.401 e. The summed E-state index contributed by atoms with van der Waals surface area (Å²) in [6, 6.07) is 12.7. The minimum atomic E-state index is -4.73. The van der Waals surface area contributed by atoms with Crippen molar-refractivity contribution in [2.24, 2.45) is 0 Å². The molecule has 20 heavy (non-hydrogen) atoms.